The van der Waals surface area contributed by atoms with Crippen LogP contribution < -0.4 is 5.32 Å². The van der Waals surface area contributed by atoms with E-state index < -0.39 is 0 Å². The molecule has 0 radical (unpaired) electrons. The number of hydrogen-bond donors (Lipinski definition) is 1. The van der Waals surface area contributed by atoms with Gasteiger partial charge < -0.3 is 9.84 Å². The number of pyridine rings is 1. The summed E-state index contributed by atoms with van der Waals surface area (Å²) in [5, 5.41) is 7.00. The molecule has 0 unspecified atom stereocenters. The molecule has 0 aromatic carbocycles. The molecule has 1 saturated heterocycles. The van der Waals surface area contributed by atoms with Crippen molar-refractivity contribution >= 4 is 17.5 Å². The number of amides is 1. The summed E-state index contributed by atoms with van der Waals surface area (Å²) < 4.78 is 7.14. The largest absolute Gasteiger partial charge is 0.360 e. The molecule has 8 nitrogen and oxygen atoms in total. The van der Waals surface area contributed by atoms with Crippen LogP contribution in [0.4, 0.5) is 5.82 Å². The Balaban J connectivity index is 1.34. The Labute approximate surface area is 187 Å². The van der Waals surface area contributed by atoms with Gasteiger partial charge in [-0.15, -0.1) is 0 Å². The van der Waals surface area contributed by atoms with E-state index >= 15 is 0 Å². The Morgan fingerprint density at radius 1 is 1.12 bits per heavy atom. The molecule has 1 amide bonds. The Bertz CT molecular complexity index is 1140. The van der Waals surface area contributed by atoms with Gasteiger partial charge in [-0.1, -0.05) is 5.16 Å². The minimum atomic E-state index is -0.0656. The molecular formula is C24H29N5O3. The van der Waals surface area contributed by atoms with E-state index in [0.29, 0.717) is 36.8 Å². The molecule has 0 saturated carbocycles. The lowest BCUT2D eigenvalue weighted by atomic mass is 9.95. The maximum absolute atomic E-state index is 13.0. The van der Waals surface area contributed by atoms with Crippen LogP contribution in [0.2, 0.25) is 0 Å². The summed E-state index contributed by atoms with van der Waals surface area (Å²) >= 11 is 0. The van der Waals surface area contributed by atoms with Crippen molar-refractivity contribution in [2.45, 2.75) is 40.5 Å². The second kappa shape index (κ2) is 9.08. The number of nitrogens with zero attached hydrogens (tertiary/aromatic N) is 4. The van der Waals surface area contributed by atoms with Gasteiger partial charge in [0, 0.05) is 35.1 Å². The molecule has 4 heterocycles. The molecule has 8 heteroatoms. The first-order valence-corrected chi connectivity index (χ1v) is 10.9. The van der Waals surface area contributed by atoms with Crippen molar-refractivity contribution in [1.29, 1.82) is 0 Å². The van der Waals surface area contributed by atoms with Gasteiger partial charge in [-0.25, -0.2) is 4.98 Å². The van der Waals surface area contributed by atoms with Crippen LogP contribution in [0.1, 0.15) is 45.9 Å². The van der Waals surface area contributed by atoms with Crippen molar-refractivity contribution in [3.8, 4) is 5.82 Å². The van der Waals surface area contributed by atoms with E-state index in [2.05, 4.69) is 20.4 Å². The van der Waals surface area contributed by atoms with Gasteiger partial charge in [0.15, 0.2) is 11.6 Å². The Hall–Kier alpha value is -3.26. The van der Waals surface area contributed by atoms with Crippen molar-refractivity contribution in [3.05, 3.63) is 58.7 Å². The molecule has 0 aliphatic carbocycles. The maximum atomic E-state index is 13.0. The topological polar surface area (TPSA) is 93.3 Å². The fraction of sp³-hybridized carbons (Fsp3) is 0.417. The minimum Gasteiger partial charge on any atom is -0.360 e. The Kier molecular flexibility index (Phi) is 6.23. The number of hydrogen-bond acceptors (Lipinski definition) is 6. The van der Waals surface area contributed by atoms with Crippen molar-refractivity contribution in [2.75, 3.05) is 25.0 Å². The van der Waals surface area contributed by atoms with Gasteiger partial charge in [0.2, 0.25) is 5.91 Å². The predicted molar refractivity (Wildman–Crippen MR) is 121 cm³/mol. The lowest BCUT2D eigenvalue weighted by molar-refractivity contribution is -0.121. The zero-order valence-corrected chi connectivity index (χ0v) is 19.0. The van der Waals surface area contributed by atoms with Crippen LogP contribution in [0.5, 0.6) is 0 Å². The molecule has 0 spiro atoms. The summed E-state index contributed by atoms with van der Waals surface area (Å²) in [6.07, 6.45) is 3.14. The highest BCUT2D eigenvalue weighted by Crippen LogP contribution is 2.23. The van der Waals surface area contributed by atoms with Crippen LogP contribution in [0.3, 0.4) is 0 Å². The average Bonchev–Trinajstić information content (AvgIpc) is 3.30. The molecule has 1 N–H and O–H groups in total. The highest BCUT2D eigenvalue weighted by molar-refractivity contribution is 5.99. The van der Waals surface area contributed by atoms with Crippen LogP contribution in [0.25, 0.3) is 5.82 Å². The summed E-state index contributed by atoms with van der Waals surface area (Å²) in [7, 11) is 0. The first-order valence-electron chi connectivity index (χ1n) is 10.9. The molecule has 168 valence electrons. The number of carbonyl (C=O) groups excluding carboxylic acids is 2. The third-order valence-corrected chi connectivity index (χ3v) is 6.07. The van der Waals surface area contributed by atoms with Gasteiger partial charge >= 0.3 is 0 Å². The van der Waals surface area contributed by atoms with E-state index in [9.17, 15) is 9.59 Å². The number of likely N-dealkylation sites (tertiary alicyclic amines) is 1. The fourth-order valence-electron chi connectivity index (χ4n) is 4.33. The van der Waals surface area contributed by atoms with Crippen LogP contribution in [0.15, 0.2) is 35.0 Å². The normalized spacial score (nSPS) is 15.1. The minimum absolute atomic E-state index is 0.000489. The predicted octanol–water partition coefficient (Wildman–Crippen LogP) is 3.63. The quantitative estimate of drug-likeness (QED) is 0.595. The molecule has 1 aliphatic rings. The van der Waals surface area contributed by atoms with Crippen LogP contribution in [-0.2, 0) is 4.79 Å². The number of anilines is 1. The summed E-state index contributed by atoms with van der Waals surface area (Å²) in [4.78, 5) is 32.0. The summed E-state index contributed by atoms with van der Waals surface area (Å²) in [5.41, 5.74) is 3.57. The molecule has 1 aliphatic heterocycles. The van der Waals surface area contributed by atoms with Crippen LogP contribution in [0, 0.1) is 33.6 Å². The lowest BCUT2D eigenvalue weighted by Crippen LogP contribution is -2.40. The SMILES string of the molecule is Cc1ccnc(NC(=O)C2CCN(CC(=O)c3cc(C)n(-c4cc(C)on4)c3C)CC2)c1. The van der Waals surface area contributed by atoms with E-state index in [1.165, 1.54) is 0 Å². The third-order valence-electron chi connectivity index (χ3n) is 6.07. The summed E-state index contributed by atoms with van der Waals surface area (Å²) in [5.74, 6) is 2.02. The van der Waals surface area contributed by atoms with E-state index in [1.54, 1.807) is 6.20 Å². The standard InChI is InChI=1S/C24H29N5O3/c1-15-5-8-25-22(11-15)26-24(31)19-6-9-28(10-7-19)14-21(30)20-12-16(2)29(18(20)4)23-13-17(3)32-27-23/h5,8,11-13,19H,6-7,9-10,14H2,1-4H3,(H,25,26,31). The van der Waals surface area contributed by atoms with Crippen molar-refractivity contribution in [1.82, 2.24) is 19.6 Å². The Morgan fingerprint density at radius 3 is 2.53 bits per heavy atom. The smallest absolute Gasteiger partial charge is 0.228 e. The molecule has 4 rings (SSSR count). The summed E-state index contributed by atoms with van der Waals surface area (Å²) in [6.45, 7) is 9.48. The molecule has 1 fully saturated rings. The monoisotopic (exact) mass is 435 g/mol. The van der Waals surface area contributed by atoms with Crippen LogP contribution >= 0.6 is 0 Å². The second-order valence-corrected chi connectivity index (χ2v) is 8.60. The molecule has 3 aromatic rings. The number of aromatic nitrogens is 3. The van der Waals surface area contributed by atoms with Gasteiger partial charge in [-0.2, -0.15) is 0 Å². The number of rotatable bonds is 6. The van der Waals surface area contributed by atoms with Crippen molar-refractivity contribution in [3.63, 3.8) is 0 Å². The highest BCUT2D eigenvalue weighted by atomic mass is 16.5. The van der Waals surface area contributed by atoms with Crippen molar-refractivity contribution < 1.29 is 14.1 Å². The first-order chi connectivity index (χ1) is 15.3. The van der Waals surface area contributed by atoms with Crippen molar-refractivity contribution in [2.24, 2.45) is 5.92 Å². The zero-order valence-electron chi connectivity index (χ0n) is 19.0. The van der Waals surface area contributed by atoms with E-state index in [4.69, 9.17) is 4.52 Å². The molecule has 3 aromatic heterocycles. The zero-order chi connectivity index (χ0) is 22.8. The highest BCUT2D eigenvalue weighted by Gasteiger charge is 2.27. The number of ketones is 1. The van der Waals surface area contributed by atoms with Gasteiger partial charge in [0.1, 0.15) is 11.6 Å². The number of nitrogens with one attached hydrogen (secondary N) is 1. The fourth-order valence-corrected chi connectivity index (χ4v) is 4.33. The number of piperidine rings is 1. The van der Waals surface area contributed by atoms with E-state index in [1.807, 2.05) is 56.5 Å². The molecule has 0 atom stereocenters. The first kappa shape index (κ1) is 22.0. The van der Waals surface area contributed by atoms with Gasteiger partial charge in [-0.3, -0.25) is 19.1 Å². The second-order valence-electron chi connectivity index (χ2n) is 8.60. The lowest BCUT2D eigenvalue weighted by Gasteiger charge is -2.30. The number of carbonyl (C=O) groups is 2. The molecular weight excluding hydrogens is 406 g/mol. The number of Topliss-reactive ketones (excluding diaryl/α,β-unsaturated/α-hetero) is 1. The van der Waals surface area contributed by atoms with Gasteiger partial charge in [-0.05, 0) is 77.4 Å². The van der Waals surface area contributed by atoms with Crippen LogP contribution in [-0.4, -0.2) is 50.9 Å². The average molecular weight is 436 g/mol. The van der Waals surface area contributed by atoms with Gasteiger partial charge in [0.05, 0.1) is 6.54 Å². The third kappa shape index (κ3) is 4.65. The molecule has 32 heavy (non-hydrogen) atoms. The molecule has 0 bridgehead atoms. The maximum Gasteiger partial charge on any atom is 0.228 e. The van der Waals surface area contributed by atoms with E-state index in [0.717, 1.165) is 35.6 Å². The Morgan fingerprint density at radius 2 is 1.88 bits per heavy atom. The van der Waals surface area contributed by atoms with E-state index in [-0.39, 0.29) is 17.6 Å². The van der Waals surface area contributed by atoms with Gasteiger partial charge in [0.25, 0.3) is 0 Å². The summed E-state index contributed by atoms with van der Waals surface area (Å²) in [6, 6.07) is 7.53. The number of aryl methyl sites for hydroxylation is 3.